The fourth-order valence-corrected chi connectivity index (χ4v) is 6.75. The molecule has 0 bridgehead atoms. The van der Waals surface area contributed by atoms with Crippen LogP contribution in [0.5, 0.6) is 11.5 Å². The molecule has 1 unspecified atom stereocenters. The topological polar surface area (TPSA) is 115 Å². The number of carbonyl (C=O) groups is 2. The molecular weight excluding hydrogens is 622 g/mol. The molecule has 3 aromatic carbocycles. The van der Waals surface area contributed by atoms with Crippen molar-refractivity contribution in [2.75, 3.05) is 18.6 Å². The van der Waals surface area contributed by atoms with Crippen LogP contribution in [0.2, 0.25) is 5.02 Å². The number of ether oxygens (including phenoxy) is 2. The van der Waals surface area contributed by atoms with Gasteiger partial charge in [0.2, 0.25) is 10.9 Å². The number of amides is 1. The summed E-state index contributed by atoms with van der Waals surface area (Å²) in [6.45, 7) is 3.94. The highest BCUT2D eigenvalue weighted by Crippen LogP contribution is 2.45. The van der Waals surface area contributed by atoms with Gasteiger partial charge in [0.05, 0.1) is 18.7 Å². The quantitative estimate of drug-likeness (QED) is 0.0671. The van der Waals surface area contributed by atoms with Crippen molar-refractivity contribution in [3.8, 4) is 11.5 Å². The van der Waals surface area contributed by atoms with Crippen molar-refractivity contribution in [1.29, 1.82) is 0 Å². The van der Waals surface area contributed by atoms with E-state index in [1.165, 1.54) is 35.1 Å². The number of aromatic nitrogens is 2. The van der Waals surface area contributed by atoms with Crippen LogP contribution in [-0.2, 0) is 10.5 Å². The Labute approximate surface area is 265 Å². The minimum atomic E-state index is -1.04. The first-order valence-electron chi connectivity index (χ1n) is 13.3. The summed E-state index contributed by atoms with van der Waals surface area (Å²) in [5.41, 5.74) is 1.78. The lowest BCUT2D eigenvalue weighted by Crippen LogP contribution is -2.31. The molecule has 9 nitrogen and oxygen atoms in total. The molecule has 1 aliphatic heterocycles. The van der Waals surface area contributed by atoms with Crippen molar-refractivity contribution in [3.63, 3.8) is 0 Å². The van der Waals surface area contributed by atoms with Gasteiger partial charge in [-0.1, -0.05) is 83.8 Å². The Kier molecular flexibility index (Phi) is 8.42. The average molecular weight is 646 g/mol. The number of fused-ring (bicyclic) bond motifs is 1. The number of nitrogens with zero attached hydrogens (tertiary/aromatic N) is 3. The van der Waals surface area contributed by atoms with Gasteiger partial charge in [0.15, 0.2) is 27.2 Å². The highest BCUT2D eigenvalue weighted by Gasteiger charge is 2.47. The van der Waals surface area contributed by atoms with Crippen molar-refractivity contribution < 1.29 is 28.6 Å². The Bertz CT molecular complexity index is 1920. The normalized spacial score (nSPS) is 14.8. The third kappa shape index (κ3) is 5.69. The van der Waals surface area contributed by atoms with E-state index in [1.807, 2.05) is 24.3 Å². The molecule has 2 aromatic heterocycles. The standard InChI is InChI=1S/C32H24ClN3O6S2/c1-3-14-41-22-8-4-6-19(15-22)26-25(27(37)24-16-20-7-5-9-23(40-2)29(20)42-24)28(38)30(39)36(26)31-34-35-32(44-31)43-17-18-10-12-21(33)13-11-18/h3-13,15-16,26,38H,1,14,17H2,2H3. The van der Waals surface area contributed by atoms with E-state index in [2.05, 4.69) is 16.8 Å². The van der Waals surface area contributed by atoms with E-state index in [0.29, 0.717) is 43.1 Å². The van der Waals surface area contributed by atoms with Gasteiger partial charge in [-0.3, -0.25) is 14.5 Å². The Morgan fingerprint density at radius 3 is 2.73 bits per heavy atom. The molecule has 1 aliphatic rings. The largest absolute Gasteiger partial charge is 0.503 e. The molecule has 0 spiro atoms. The van der Waals surface area contributed by atoms with Crippen molar-refractivity contribution in [1.82, 2.24) is 10.2 Å². The summed E-state index contributed by atoms with van der Waals surface area (Å²) in [6, 6.07) is 20.2. The second-order valence-electron chi connectivity index (χ2n) is 9.60. The van der Waals surface area contributed by atoms with Crippen LogP contribution in [0.15, 0.2) is 106 Å². The molecule has 44 heavy (non-hydrogen) atoms. The first-order valence-corrected chi connectivity index (χ1v) is 15.5. The van der Waals surface area contributed by atoms with Crippen molar-refractivity contribution in [2.24, 2.45) is 0 Å². The zero-order valence-corrected chi connectivity index (χ0v) is 25.6. The first-order chi connectivity index (χ1) is 21.4. The van der Waals surface area contributed by atoms with Crippen LogP contribution in [0.1, 0.15) is 27.7 Å². The zero-order valence-electron chi connectivity index (χ0n) is 23.2. The number of aliphatic hydroxyl groups excluding tert-OH is 1. The molecule has 1 amide bonds. The lowest BCUT2D eigenvalue weighted by molar-refractivity contribution is -0.117. The Morgan fingerprint density at radius 1 is 1.16 bits per heavy atom. The molecular formula is C32H24ClN3O6S2. The van der Waals surface area contributed by atoms with Gasteiger partial charge in [0.25, 0.3) is 5.91 Å². The predicted molar refractivity (Wildman–Crippen MR) is 170 cm³/mol. The third-order valence-electron chi connectivity index (χ3n) is 6.82. The van der Waals surface area contributed by atoms with E-state index < -0.39 is 23.5 Å². The number of rotatable bonds is 11. The molecule has 0 aliphatic carbocycles. The van der Waals surface area contributed by atoms with E-state index in [4.69, 9.17) is 25.5 Å². The van der Waals surface area contributed by atoms with Crippen LogP contribution < -0.4 is 14.4 Å². The van der Waals surface area contributed by atoms with Gasteiger partial charge in [-0.05, 0) is 47.5 Å². The van der Waals surface area contributed by atoms with E-state index in [0.717, 1.165) is 5.56 Å². The number of furan rings is 1. The van der Waals surface area contributed by atoms with E-state index in [1.54, 1.807) is 54.6 Å². The molecule has 0 radical (unpaired) electrons. The highest BCUT2D eigenvalue weighted by atomic mass is 35.5. The van der Waals surface area contributed by atoms with Gasteiger partial charge < -0.3 is 19.0 Å². The van der Waals surface area contributed by atoms with Gasteiger partial charge in [0.1, 0.15) is 12.4 Å². The van der Waals surface area contributed by atoms with Crippen molar-refractivity contribution in [2.45, 2.75) is 16.1 Å². The highest BCUT2D eigenvalue weighted by molar-refractivity contribution is 8.00. The Hall–Kier alpha value is -4.58. The van der Waals surface area contributed by atoms with Gasteiger partial charge in [-0.2, -0.15) is 0 Å². The van der Waals surface area contributed by atoms with Crippen LogP contribution in [0.25, 0.3) is 11.0 Å². The maximum Gasteiger partial charge on any atom is 0.296 e. The summed E-state index contributed by atoms with van der Waals surface area (Å²) >= 11 is 8.62. The minimum absolute atomic E-state index is 0.0544. The second kappa shape index (κ2) is 12.6. The Balaban J connectivity index is 1.38. The first kappa shape index (κ1) is 29.5. The molecule has 1 atom stereocenters. The molecule has 3 heterocycles. The molecule has 222 valence electrons. The molecule has 1 N–H and O–H groups in total. The predicted octanol–water partition coefficient (Wildman–Crippen LogP) is 7.59. The number of para-hydroxylation sites is 1. The molecule has 12 heteroatoms. The summed E-state index contributed by atoms with van der Waals surface area (Å²) in [5, 5.41) is 21.3. The third-order valence-corrected chi connectivity index (χ3v) is 9.20. The summed E-state index contributed by atoms with van der Waals surface area (Å²) < 4.78 is 17.6. The van der Waals surface area contributed by atoms with Gasteiger partial charge >= 0.3 is 0 Å². The van der Waals surface area contributed by atoms with Crippen LogP contribution >= 0.6 is 34.7 Å². The SMILES string of the molecule is C=CCOc1cccc(C2C(C(=O)c3cc4cccc(OC)c4o3)=C(O)C(=O)N2c2nnc(SCc3ccc(Cl)cc3)s2)c1. The molecule has 0 saturated heterocycles. The fourth-order valence-electron chi connectivity index (χ4n) is 4.81. The lowest BCUT2D eigenvalue weighted by atomic mass is 9.95. The van der Waals surface area contributed by atoms with Crippen LogP contribution in [-0.4, -0.2) is 40.7 Å². The summed E-state index contributed by atoms with van der Waals surface area (Å²) in [4.78, 5) is 29.0. The number of aliphatic hydroxyl groups is 1. The summed E-state index contributed by atoms with van der Waals surface area (Å²) in [6.07, 6.45) is 1.61. The van der Waals surface area contributed by atoms with Gasteiger partial charge in [-0.25, -0.2) is 0 Å². The van der Waals surface area contributed by atoms with E-state index in [-0.39, 0.29) is 23.1 Å². The molecule has 0 fully saturated rings. The lowest BCUT2D eigenvalue weighted by Gasteiger charge is -2.24. The maximum atomic E-state index is 14.1. The monoisotopic (exact) mass is 645 g/mol. The van der Waals surface area contributed by atoms with Crippen molar-refractivity contribution in [3.05, 3.63) is 119 Å². The minimum Gasteiger partial charge on any atom is -0.503 e. The average Bonchev–Trinajstić information content (AvgIpc) is 3.76. The number of benzene rings is 3. The van der Waals surface area contributed by atoms with Gasteiger partial charge in [-0.15, -0.1) is 10.2 Å². The van der Waals surface area contributed by atoms with Crippen LogP contribution in [0, 0.1) is 0 Å². The number of methoxy groups -OCH3 is 1. The van der Waals surface area contributed by atoms with Gasteiger partial charge in [0, 0.05) is 16.2 Å². The second-order valence-corrected chi connectivity index (χ2v) is 12.2. The number of Topliss-reactive ketones (excluding diaryl/α,β-unsaturated/α-hetero) is 1. The zero-order chi connectivity index (χ0) is 30.8. The smallest absolute Gasteiger partial charge is 0.296 e. The maximum absolute atomic E-state index is 14.1. The van der Waals surface area contributed by atoms with E-state index >= 15 is 0 Å². The van der Waals surface area contributed by atoms with Crippen molar-refractivity contribution >= 4 is 62.5 Å². The van der Waals surface area contributed by atoms with E-state index in [9.17, 15) is 14.7 Å². The van der Waals surface area contributed by atoms with Crippen LogP contribution in [0.4, 0.5) is 5.13 Å². The molecule has 0 saturated carbocycles. The molecule has 5 aromatic rings. The fraction of sp³-hybridized carbons (Fsp3) is 0.125. The molecule has 6 rings (SSSR count). The number of hydrogen-bond donors (Lipinski definition) is 1. The number of ketones is 1. The van der Waals surface area contributed by atoms with Crippen LogP contribution in [0.3, 0.4) is 0 Å². The number of anilines is 1. The number of thioether (sulfide) groups is 1. The number of halogens is 1. The number of hydrogen-bond acceptors (Lipinski definition) is 10. The summed E-state index contributed by atoms with van der Waals surface area (Å²) in [7, 11) is 1.50. The Morgan fingerprint density at radius 2 is 1.95 bits per heavy atom. The number of carbonyl (C=O) groups excluding carboxylic acids is 2. The summed E-state index contributed by atoms with van der Waals surface area (Å²) in [5.74, 6) is -0.635.